The van der Waals surface area contributed by atoms with Crippen molar-refractivity contribution < 1.29 is 46.5 Å². The summed E-state index contributed by atoms with van der Waals surface area (Å²) in [6.07, 6.45) is -3.66. The Labute approximate surface area is 240 Å². The number of esters is 1. The number of nitrogens with two attached hydrogens (primary N) is 1. The Morgan fingerprint density at radius 1 is 1.26 bits per heavy atom. The molecule has 4 rings (SSSR count). The standard InChI is InChI=1S/C25H33F2N6O8P/c1-6-37-19-17-18(30-23(28)31-19)33(13-29-17)22-24(5,26)21(35)25(27,40-22)12-38-42(36,41-16-10-8-7-9-11-16)32-15(4)20(34)39-14(2)3/h7-11,13-15,21-22,35H,6,12H2,1-5H3,(H,32,36)(H2,28,30,31)/t15?,21?,22-,24-,25-,42?/m1/s1. The maximum atomic E-state index is 16.2. The Bertz CT molecular complexity index is 1460. The van der Waals surface area contributed by atoms with Crippen molar-refractivity contribution in [3.05, 3.63) is 36.7 Å². The van der Waals surface area contributed by atoms with Gasteiger partial charge >= 0.3 is 13.7 Å². The van der Waals surface area contributed by atoms with E-state index in [0.29, 0.717) is 0 Å². The maximum Gasteiger partial charge on any atom is 0.459 e. The van der Waals surface area contributed by atoms with Crippen LogP contribution in [0, 0.1) is 0 Å². The molecular weight excluding hydrogens is 581 g/mol. The predicted molar refractivity (Wildman–Crippen MR) is 145 cm³/mol. The van der Waals surface area contributed by atoms with E-state index in [1.54, 1.807) is 39.0 Å². The van der Waals surface area contributed by atoms with Gasteiger partial charge in [-0.15, -0.1) is 0 Å². The number of fused-ring (bicyclic) bond motifs is 1. The second-order valence-electron chi connectivity index (χ2n) is 9.97. The van der Waals surface area contributed by atoms with Crippen LogP contribution in [-0.4, -0.2) is 73.6 Å². The van der Waals surface area contributed by atoms with Crippen molar-refractivity contribution in [2.45, 2.75) is 70.6 Å². The summed E-state index contributed by atoms with van der Waals surface area (Å²) in [5, 5.41) is 13.2. The summed E-state index contributed by atoms with van der Waals surface area (Å²) in [6.45, 7) is 6.14. The van der Waals surface area contributed by atoms with Crippen LogP contribution in [0.2, 0.25) is 0 Å². The molecule has 1 saturated heterocycles. The Kier molecular flexibility index (Phi) is 9.04. The van der Waals surface area contributed by atoms with Crippen LogP contribution in [0.1, 0.15) is 40.8 Å². The third kappa shape index (κ3) is 6.47. The highest BCUT2D eigenvalue weighted by atomic mass is 31.2. The third-order valence-electron chi connectivity index (χ3n) is 6.13. The molecule has 1 aliphatic heterocycles. The van der Waals surface area contributed by atoms with Crippen LogP contribution >= 0.6 is 7.75 Å². The first-order valence-electron chi connectivity index (χ1n) is 13.0. The molecule has 6 atom stereocenters. The van der Waals surface area contributed by atoms with Gasteiger partial charge in [-0.05, 0) is 46.8 Å². The largest absolute Gasteiger partial charge is 0.476 e. The summed E-state index contributed by atoms with van der Waals surface area (Å²) in [5.74, 6) is -4.20. The van der Waals surface area contributed by atoms with E-state index in [-0.39, 0.29) is 35.3 Å². The van der Waals surface area contributed by atoms with Crippen LogP contribution in [0.3, 0.4) is 0 Å². The fraction of sp³-hybridized carbons (Fsp3) is 0.520. The van der Waals surface area contributed by atoms with Crippen LogP contribution in [0.4, 0.5) is 14.7 Å². The van der Waals surface area contributed by atoms with Gasteiger partial charge in [-0.3, -0.25) is 13.9 Å². The van der Waals surface area contributed by atoms with E-state index in [4.69, 9.17) is 29.0 Å². The molecule has 3 heterocycles. The lowest BCUT2D eigenvalue weighted by Crippen LogP contribution is -2.47. The number of hydrogen-bond acceptors (Lipinski definition) is 12. The minimum absolute atomic E-state index is 0.0166. The minimum Gasteiger partial charge on any atom is -0.476 e. The number of imidazole rings is 1. The van der Waals surface area contributed by atoms with Gasteiger partial charge in [0.05, 0.1) is 19.0 Å². The van der Waals surface area contributed by atoms with E-state index in [1.807, 2.05) is 0 Å². The van der Waals surface area contributed by atoms with Crippen molar-refractivity contribution in [1.29, 1.82) is 0 Å². The van der Waals surface area contributed by atoms with Gasteiger partial charge in [-0.1, -0.05) is 18.2 Å². The molecule has 42 heavy (non-hydrogen) atoms. The van der Waals surface area contributed by atoms with Crippen LogP contribution in [0.25, 0.3) is 11.2 Å². The fourth-order valence-electron chi connectivity index (χ4n) is 4.19. The molecule has 1 aromatic carbocycles. The molecule has 0 saturated carbocycles. The van der Waals surface area contributed by atoms with Gasteiger partial charge in [0.1, 0.15) is 18.4 Å². The first-order chi connectivity index (χ1) is 19.7. The number of anilines is 1. The number of carbonyl (C=O) groups is 1. The Hall–Kier alpha value is -3.43. The summed E-state index contributed by atoms with van der Waals surface area (Å²) >= 11 is 0. The Balaban J connectivity index is 1.61. The molecule has 1 fully saturated rings. The molecule has 0 bridgehead atoms. The van der Waals surface area contributed by atoms with Crippen LogP contribution < -0.4 is 20.1 Å². The number of alkyl halides is 2. The lowest BCUT2D eigenvalue weighted by molar-refractivity contribution is -0.202. The van der Waals surface area contributed by atoms with E-state index in [0.717, 1.165) is 17.8 Å². The highest BCUT2D eigenvalue weighted by Gasteiger charge is 2.65. The molecule has 0 radical (unpaired) electrons. The van der Waals surface area contributed by atoms with Crippen LogP contribution in [0.15, 0.2) is 36.7 Å². The maximum absolute atomic E-state index is 16.2. The van der Waals surface area contributed by atoms with Crippen molar-refractivity contribution in [2.24, 2.45) is 0 Å². The number of halogens is 2. The minimum atomic E-state index is -4.58. The van der Waals surface area contributed by atoms with E-state index >= 15 is 8.78 Å². The van der Waals surface area contributed by atoms with Gasteiger partial charge in [-0.25, -0.2) is 18.3 Å². The molecule has 0 amide bonds. The van der Waals surface area contributed by atoms with Crippen molar-refractivity contribution in [3.8, 4) is 11.6 Å². The van der Waals surface area contributed by atoms with Gasteiger partial charge < -0.3 is 29.6 Å². The lowest BCUT2D eigenvalue weighted by Gasteiger charge is -2.28. The number of aliphatic hydroxyl groups is 1. The quantitative estimate of drug-likeness (QED) is 0.200. The number of rotatable bonds is 12. The van der Waals surface area contributed by atoms with E-state index in [1.165, 1.54) is 19.1 Å². The normalized spacial score (nSPS) is 26.2. The number of nitrogens with zero attached hydrogens (tertiary/aromatic N) is 4. The van der Waals surface area contributed by atoms with Gasteiger partial charge in [0.25, 0.3) is 5.85 Å². The van der Waals surface area contributed by atoms with E-state index in [2.05, 4.69) is 20.0 Å². The summed E-state index contributed by atoms with van der Waals surface area (Å²) in [5.41, 5.74) is 3.03. The first-order valence-corrected chi connectivity index (χ1v) is 14.6. The zero-order valence-corrected chi connectivity index (χ0v) is 24.5. The molecule has 4 N–H and O–H groups in total. The van der Waals surface area contributed by atoms with E-state index < -0.39 is 56.3 Å². The molecule has 17 heteroatoms. The SMILES string of the molecule is CCOc1nc(N)nc2c1ncn2[C@@H]1O[C@](F)(COP(=O)(NC(C)C(=O)OC(C)C)Oc2ccccc2)C(O)[C@@]1(C)F. The summed E-state index contributed by atoms with van der Waals surface area (Å²) in [4.78, 5) is 24.5. The number of carbonyl (C=O) groups excluding carboxylic acids is 1. The van der Waals surface area contributed by atoms with Crippen LogP contribution in [0.5, 0.6) is 11.6 Å². The number of nitrogen functional groups attached to an aromatic ring is 1. The molecule has 0 spiro atoms. The number of nitrogens with one attached hydrogen (secondary N) is 1. The molecule has 230 valence electrons. The van der Waals surface area contributed by atoms with Crippen molar-refractivity contribution in [3.63, 3.8) is 0 Å². The monoisotopic (exact) mass is 614 g/mol. The van der Waals surface area contributed by atoms with Crippen molar-refractivity contribution in [2.75, 3.05) is 18.9 Å². The Morgan fingerprint density at radius 3 is 2.60 bits per heavy atom. The smallest absolute Gasteiger partial charge is 0.459 e. The van der Waals surface area contributed by atoms with Gasteiger partial charge in [0, 0.05) is 0 Å². The molecular formula is C25H33F2N6O8P. The topological polar surface area (TPSA) is 182 Å². The summed E-state index contributed by atoms with van der Waals surface area (Å²) in [6, 6.07) is 6.50. The highest BCUT2D eigenvalue weighted by molar-refractivity contribution is 7.52. The van der Waals surface area contributed by atoms with Crippen LogP contribution in [-0.2, 0) is 23.4 Å². The first kappa shape index (κ1) is 31.5. The van der Waals surface area contributed by atoms with Crippen molar-refractivity contribution in [1.82, 2.24) is 24.6 Å². The summed E-state index contributed by atoms with van der Waals surface area (Å²) in [7, 11) is -4.58. The average Bonchev–Trinajstić information content (AvgIpc) is 3.40. The van der Waals surface area contributed by atoms with Crippen molar-refractivity contribution >= 4 is 30.8 Å². The van der Waals surface area contributed by atoms with Gasteiger partial charge in [0.2, 0.25) is 11.8 Å². The summed E-state index contributed by atoms with van der Waals surface area (Å²) < 4.78 is 73.7. The number of hydrogen-bond donors (Lipinski definition) is 3. The highest BCUT2D eigenvalue weighted by Crippen LogP contribution is 2.52. The predicted octanol–water partition coefficient (Wildman–Crippen LogP) is 3.22. The molecule has 3 aromatic rings. The average molecular weight is 615 g/mol. The molecule has 1 aliphatic rings. The Morgan fingerprint density at radius 2 is 1.95 bits per heavy atom. The lowest BCUT2D eigenvalue weighted by atomic mass is 9.97. The number of benzene rings is 1. The van der Waals surface area contributed by atoms with Gasteiger partial charge in [-0.2, -0.15) is 15.1 Å². The number of para-hydroxylation sites is 1. The second-order valence-corrected chi connectivity index (χ2v) is 11.7. The number of aromatic nitrogens is 4. The van der Waals surface area contributed by atoms with Gasteiger partial charge in [0.15, 0.2) is 29.2 Å². The zero-order chi connectivity index (χ0) is 30.9. The second kappa shape index (κ2) is 12.1. The molecule has 14 nitrogen and oxygen atoms in total. The molecule has 0 aliphatic carbocycles. The third-order valence-corrected chi connectivity index (χ3v) is 7.75. The molecule has 2 aromatic heterocycles. The van der Waals surface area contributed by atoms with E-state index in [9.17, 15) is 14.5 Å². The zero-order valence-electron chi connectivity index (χ0n) is 23.6. The number of aliphatic hydroxyl groups excluding tert-OH is 1. The molecule has 3 unspecified atom stereocenters. The fourth-order valence-corrected chi connectivity index (χ4v) is 5.69. The number of ether oxygens (including phenoxy) is 3.